The highest BCUT2D eigenvalue weighted by Gasteiger charge is 2.33. The van der Waals surface area contributed by atoms with Crippen molar-refractivity contribution < 1.29 is 19.0 Å². The highest BCUT2D eigenvalue weighted by Crippen LogP contribution is 2.40. The highest BCUT2D eigenvalue weighted by atomic mass is 16.5. The van der Waals surface area contributed by atoms with Gasteiger partial charge in [0.05, 0.1) is 25.4 Å². The molecule has 0 saturated carbocycles. The number of rotatable bonds is 8. The number of aliphatic imine (C=N–C) groups is 1. The summed E-state index contributed by atoms with van der Waals surface area (Å²) in [5.74, 6) is 0.998. The summed E-state index contributed by atoms with van der Waals surface area (Å²) >= 11 is 0. The first-order valence-corrected chi connectivity index (χ1v) is 10.8. The molecule has 0 bridgehead atoms. The number of hydrogen-bond donors (Lipinski definition) is 1. The fraction of sp³-hybridized carbons (Fsp3) is 0.385. The Morgan fingerprint density at radius 1 is 1.16 bits per heavy atom. The number of aromatic amines is 1. The maximum atomic E-state index is 13.0. The zero-order valence-corrected chi connectivity index (χ0v) is 19.9. The zero-order chi connectivity index (χ0) is 23.5. The molecule has 170 valence electrons. The normalized spacial score (nSPS) is 12.0. The Balaban J connectivity index is 2.19. The number of carbonyl (C=O) groups is 1. The number of H-pyrrole nitrogens is 1. The molecule has 2 aromatic carbocycles. The van der Waals surface area contributed by atoms with Crippen LogP contribution >= 0.6 is 0 Å². The lowest BCUT2D eigenvalue weighted by molar-refractivity contribution is 0.0526. The van der Waals surface area contributed by atoms with Crippen molar-refractivity contribution in [3.8, 4) is 11.5 Å². The lowest BCUT2D eigenvalue weighted by atomic mass is 9.79. The Kier molecular flexibility index (Phi) is 6.92. The lowest BCUT2D eigenvalue weighted by Gasteiger charge is -2.27. The quantitative estimate of drug-likeness (QED) is 0.373. The van der Waals surface area contributed by atoms with E-state index in [1.807, 2.05) is 57.2 Å². The van der Waals surface area contributed by atoms with E-state index in [1.54, 1.807) is 20.4 Å². The minimum absolute atomic E-state index is 0.0349. The molecular formula is C26H32N2O4. The molecule has 3 rings (SSSR count). The summed E-state index contributed by atoms with van der Waals surface area (Å²) in [4.78, 5) is 20.6. The summed E-state index contributed by atoms with van der Waals surface area (Å²) in [6.45, 7) is 10.2. The molecule has 0 unspecified atom stereocenters. The van der Waals surface area contributed by atoms with Gasteiger partial charge in [0.25, 0.3) is 0 Å². The largest absolute Gasteiger partial charge is 0.493 e. The van der Waals surface area contributed by atoms with E-state index in [2.05, 4.69) is 23.8 Å². The Bertz CT molecular complexity index is 1140. The van der Waals surface area contributed by atoms with Crippen molar-refractivity contribution in [1.29, 1.82) is 0 Å². The average Bonchev–Trinajstić information content (AvgIpc) is 3.13. The van der Waals surface area contributed by atoms with Crippen LogP contribution < -0.4 is 9.47 Å². The fourth-order valence-electron chi connectivity index (χ4n) is 3.88. The standard InChI is InChI=1S/C26H32N2O4/c1-8-31-25(29)23-19-11-9-17(15-27-6)13-20(19)28-24(23)26(4,5)18-10-12-21(32-16(2)3)22(14-18)30-7/h9-16,28H,8H2,1-7H3/b27-15-. The van der Waals surface area contributed by atoms with E-state index in [4.69, 9.17) is 14.2 Å². The van der Waals surface area contributed by atoms with Gasteiger partial charge >= 0.3 is 5.97 Å². The summed E-state index contributed by atoms with van der Waals surface area (Å²) in [6.07, 6.45) is 1.82. The molecule has 6 nitrogen and oxygen atoms in total. The van der Waals surface area contributed by atoms with Crippen LogP contribution in [0, 0.1) is 0 Å². The molecule has 0 saturated heterocycles. The van der Waals surface area contributed by atoms with E-state index in [9.17, 15) is 4.79 Å². The smallest absolute Gasteiger partial charge is 0.340 e. The number of nitrogens with zero attached hydrogens (tertiary/aromatic N) is 1. The molecule has 0 spiro atoms. The Morgan fingerprint density at radius 3 is 2.53 bits per heavy atom. The number of aromatic nitrogens is 1. The van der Waals surface area contributed by atoms with E-state index in [1.165, 1.54) is 0 Å². The summed E-state index contributed by atoms with van der Waals surface area (Å²) in [5.41, 5.74) is 3.60. The molecule has 0 amide bonds. The van der Waals surface area contributed by atoms with Crippen LogP contribution in [0.4, 0.5) is 0 Å². The average molecular weight is 437 g/mol. The minimum Gasteiger partial charge on any atom is -0.493 e. The van der Waals surface area contributed by atoms with E-state index in [-0.39, 0.29) is 12.1 Å². The predicted octanol–water partition coefficient (Wildman–Crippen LogP) is 5.52. The molecule has 32 heavy (non-hydrogen) atoms. The van der Waals surface area contributed by atoms with Crippen molar-refractivity contribution in [2.45, 2.75) is 46.1 Å². The number of benzene rings is 2. The second kappa shape index (κ2) is 9.47. The summed E-state index contributed by atoms with van der Waals surface area (Å²) in [6, 6.07) is 11.8. The molecule has 0 aliphatic carbocycles. The van der Waals surface area contributed by atoms with Crippen molar-refractivity contribution in [2.24, 2.45) is 4.99 Å². The SMILES string of the molecule is CCOC(=O)c1c(C(C)(C)c2ccc(OC(C)C)c(OC)c2)[nH]c2cc(/C=N\C)ccc12. The second-order valence-corrected chi connectivity index (χ2v) is 8.45. The van der Waals surface area contributed by atoms with E-state index >= 15 is 0 Å². The van der Waals surface area contributed by atoms with Gasteiger partial charge in [0.1, 0.15) is 0 Å². The monoisotopic (exact) mass is 436 g/mol. The van der Waals surface area contributed by atoms with Crippen LogP contribution in [0.5, 0.6) is 11.5 Å². The second-order valence-electron chi connectivity index (χ2n) is 8.45. The maximum absolute atomic E-state index is 13.0. The first-order chi connectivity index (χ1) is 15.2. The van der Waals surface area contributed by atoms with Crippen molar-refractivity contribution in [3.63, 3.8) is 0 Å². The molecule has 0 atom stereocenters. The van der Waals surface area contributed by atoms with Gasteiger partial charge in [0.2, 0.25) is 0 Å². The number of methoxy groups -OCH3 is 1. The predicted molar refractivity (Wildman–Crippen MR) is 129 cm³/mol. The number of nitrogens with one attached hydrogen (secondary N) is 1. The van der Waals surface area contributed by atoms with Gasteiger partial charge < -0.3 is 19.2 Å². The molecule has 0 fully saturated rings. The molecule has 0 radical (unpaired) electrons. The molecule has 0 aliphatic rings. The Labute approximate surface area is 189 Å². The van der Waals surface area contributed by atoms with Gasteiger partial charge in [-0.3, -0.25) is 4.99 Å². The highest BCUT2D eigenvalue weighted by molar-refractivity contribution is 6.07. The number of hydrogen-bond acceptors (Lipinski definition) is 5. The van der Waals surface area contributed by atoms with Crippen molar-refractivity contribution in [3.05, 3.63) is 58.8 Å². The number of fused-ring (bicyclic) bond motifs is 1. The first kappa shape index (κ1) is 23.4. The zero-order valence-electron chi connectivity index (χ0n) is 19.9. The van der Waals surface area contributed by atoms with E-state index < -0.39 is 5.41 Å². The minimum atomic E-state index is -0.538. The number of carbonyl (C=O) groups excluding carboxylic acids is 1. The van der Waals surface area contributed by atoms with Crippen LogP contribution in [-0.2, 0) is 10.2 Å². The third-order valence-electron chi connectivity index (χ3n) is 5.45. The molecule has 1 heterocycles. The molecule has 3 aromatic rings. The van der Waals surface area contributed by atoms with Crippen LogP contribution in [0.15, 0.2) is 41.4 Å². The van der Waals surface area contributed by atoms with E-state index in [0.717, 1.165) is 27.7 Å². The van der Waals surface area contributed by atoms with Crippen LogP contribution in [0.3, 0.4) is 0 Å². The first-order valence-electron chi connectivity index (χ1n) is 10.8. The fourth-order valence-corrected chi connectivity index (χ4v) is 3.88. The van der Waals surface area contributed by atoms with Crippen molar-refractivity contribution in [2.75, 3.05) is 20.8 Å². The summed E-state index contributed by atoms with van der Waals surface area (Å²) in [7, 11) is 3.36. The van der Waals surface area contributed by atoms with Gasteiger partial charge in [-0.25, -0.2) is 4.79 Å². The van der Waals surface area contributed by atoms with Crippen LogP contribution in [0.2, 0.25) is 0 Å². The molecular weight excluding hydrogens is 404 g/mol. The topological polar surface area (TPSA) is 72.9 Å². The molecule has 1 aromatic heterocycles. The lowest BCUT2D eigenvalue weighted by Crippen LogP contribution is -2.23. The third kappa shape index (κ3) is 4.49. The Hall–Kier alpha value is -3.28. The number of esters is 1. The van der Waals surface area contributed by atoms with Crippen LogP contribution in [0.1, 0.15) is 61.8 Å². The van der Waals surface area contributed by atoms with Gasteiger partial charge in [-0.05, 0) is 50.1 Å². The molecule has 0 aliphatic heterocycles. The van der Waals surface area contributed by atoms with Crippen molar-refractivity contribution >= 4 is 23.1 Å². The van der Waals surface area contributed by atoms with Crippen LogP contribution in [-0.4, -0.2) is 44.0 Å². The number of ether oxygens (including phenoxy) is 3. The van der Waals surface area contributed by atoms with Gasteiger partial charge in [-0.2, -0.15) is 0 Å². The van der Waals surface area contributed by atoms with Gasteiger partial charge in [0, 0.05) is 35.3 Å². The maximum Gasteiger partial charge on any atom is 0.340 e. The summed E-state index contributed by atoms with van der Waals surface area (Å²) < 4.78 is 16.9. The third-order valence-corrected chi connectivity index (χ3v) is 5.45. The van der Waals surface area contributed by atoms with Gasteiger partial charge in [-0.1, -0.05) is 32.0 Å². The molecule has 6 heteroatoms. The van der Waals surface area contributed by atoms with Crippen LogP contribution in [0.25, 0.3) is 10.9 Å². The van der Waals surface area contributed by atoms with Crippen molar-refractivity contribution in [1.82, 2.24) is 4.98 Å². The summed E-state index contributed by atoms with van der Waals surface area (Å²) in [5, 5.41) is 0.825. The van der Waals surface area contributed by atoms with E-state index in [0.29, 0.717) is 23.7 Å². The van der Waals surface area contributed by atoms with Gasteiger partial charge in [-0.15, -0.1) is 0 Å². The molecule has 1 N–H and O–H groups in total. The Morgan fingerprint density at radius 2 is 1.91 bits per heavy atom. The van der Waals surface area contributed by atoms with Gasteiger partial charge in [0.15, 0.2) is 11.5 Å².